The van der Waals surface area contributed by atoms with Crippen molar-refractivity contribution in [3.8, 4) is 6.07 Å². The molecule has 1 atom stereocenters. The van der Waals surface area contributed by atoms with E-state index in [9.17, 15) is 9.59 Å². The highest BCUT2D eigenvalue weighted by Crippen LogP contribution is 1.75. The van der Waals surface area contributed by atoms with Gasteiger partial charge >= 0.3 is 6.03 Å². The van der Waals surface area contributed by atoms with E-state index in [1.54, 1.807) is 0 Å². The Morgan fingerprint density at radius 3 is 2.67 bits per heavy atom. The monoisotopic (exact) mass is 170 g/mol. The quantitative estimate of drug-likeness (QED) is 0.489. The molecule has 0 spiro atoms. The normalized spacial score (nSPS) is 11.0. The molecule has 6 nitrogen and oxygen atoms in total. The predicted molar refractivity (Wildman–Crippen MR) is 40.8 cm³/mol. The van der Waals surface area contributed by atoms with E-state index < -0.39 is 18.0 Å². The van der Waals surface area contributed by atoms with Gasteiger partial charge in [0.15, 0.2) is 0 Å². The second-order valence-corrected chi connectivity index (χ2v) is 2.14. The molecule has 0 aromatic carbocycles. The average molecular weight is 170 g/mol. The molecule has 0 fully saturated rings. The number of nitriles is 1. The largest absolute Gasteiger partial charge is 0.352 e. The summed E-state index contributed by atoms with van der Waals surface area (Å²) in [5.74, 6) is -0.442. The van der Waals surface area contributed by atoms with Gasteiger partial charge in [0.1, 0.15) is 6.04 Å². The van der Waals surface area contributed by atoms with Gasteiger partial charge in [-0.25, -0.2) is 4.79 Å². The van der Waals surface area contributed by atoms with Crippen molar-refractivity contribution >= 4 is 11.9 Å². The fourth-order valence-electron chi connectivity index (χ4n) is 0.492. The van der Waals surface area contributed by atoms with Crippen LogP contribution >= 0.6 is 0 Å². The lowest BCUT2D eigenvalue weighted by Gasteiger charge is -2.05. The van der Waals surface area contributed by atoms with Gasteiger partial charge in [-0.2, -0.15) is 5.26 Å². The molecule has 0 radical (unpaired) electrons. The summed E-state index contributed by atoms with van der Waals surface area (Å²) in [7, 11) is 0. The van der Waals surface area contributed by atoms with Crippen LogP contribution in [-0.2, 0) is 4.79 Å². The van der Waals surface area contributed by atoms with Crippen LogP contribution in [0.25, 0.3) is 0 Å². The van der Waals surface area contributed by atoms with Crippen molar-refractivity contribution < 1.29 is 9.59 Å². The number of carbonyl (C=O) groups is 2. The van der Waals surface area contributed by atoms with Gasteiger partial charge in [0.05, 0.1) is 12.6 Å². The van der Waals surface area contributed by atoms with Crippen LogP contribution in [0.4, 0.5) is 4.79 Å². The van der Waals surface area contributed by atoms with Crippen LogP contribution < -0.4 is 16.4 Å². The third-order valence-electron chi connectivity index (χ3n) is 0.994. The number of hydrogen-bond donors (Lipinski definition) is 3. The zero-order valence-electron chi connectivity index (χ0n) is 6.63. The summed E-state index contributed by atoms with van der Waals surface area (Å²) in [5, 5.41) is 12.7. The first-order valence-electron chi connectivity index (χ1n) is 3.28. The van der Waals surface area contributed by atoms with E-state index in [-0.39, 0.29) is 6.54 Å². The molecule has 12 heavy (non-hydrogen) atoms. The van der Waals surface area contributed by atoms with Gasteiger partial charge in [0, 0.05) is 0 Å². The number of hydrogen-bond acceptors (Lipinski definition) is 3. The number of nitrogens with zero attached hydrogens (tertiary/aromatic N) is 1. The standard InChI is InChI=1S/C6H10N4O2/c1-4(2-7)10-5(11)3-9-6(8)12/h4H,3H2,1H3,(H,10,11)(H3,8,9,12)/t4-/m1/s1. The van der Waals surface area contributed by atoms with Crippen molar-refractivity contribution in [1.29, 1.82) is 5.26 Å². The molecule has 0 saturated carbocycles. The number of primary amides is 1. The number of carbonyl (C=O) groups excluding carboxylic acids is 2. The smallest absolute Gasteiger partial charge is 0.312 e. The SMILES string of the molecule is C[C@H](C#N)NC(=O)CNC(N)=O. The first-order valence-corrected chi connectivity index (χ1v) is 3.28. The summed E-state index contributed by atoms with van der Waals surface area (Å²) in [6, 6.07) is 0.476. The maximum atomic E-state index is 10.8. The van der Waals surface area contributed by atoms with Crippen LogP contribution in [0, 0.1) is 11.3 Å². The molecule has 0 aliphatic heterocycles. The summed E-state index contributed by atoms with van der Waals surface area (Å²) in [6.07, 6.45) is 0. The maximum absolute atomic E-state index is 10.8. The molecule has 3 amide bonds. The zero-order valence-corrected chi connectivity index (χ0v) is 6.63. The van der Waals surface area contributed by atoms with Crippen LogP contribution in [-0.4, -0.2) is 24.5 Å². The lowest BCUT2D eigenvalue weighted by atomic mass is 10.4. The molecule has 66 valence electrons. The van der Waals surface area contributed by atoms with E-state index in [2.05, 4.69) is 10.6 Å². The topological polar surface area (TPSA) is 108 Å². The Balaban J connectivity index is 3.62. The zero-order chi connectivity index (χ0) is 9.56. The molecular weight excluding hydrogens is 160 g/mol. The van der Waals surface area contributed by atoms with Crippen molar-refractivity contribution in [2.45, 2.75) is 13.0 Å². The number of nitrogens with two attached hydrogens (primary N) is 1. The molecular formula is C6H10N4O2. The second-order valence-electron chi connectivity index (χ2n) is 2.14. The Kier molecular flexibility index (Phi) is 4.23. The molecule has 0 heterocycles. The fraction of sp³-hybridized carbons (Fsp3) is 0.500. The fourth-order valence-corrected chi connectivity index (χ4v) is 0.492. The van der Waals surface area contributed by atoms with E-state index in [1.807, 2.05) is 6.07 Å². The van der Waals surface area contributed by atoms with Crippen LogP contribution in [0.3, 0.4) is 0 Å². The second kappa shape index (κ2) is 4.96. The van der Waals surface area contributed by atoms with Crippen LogP contribution in [0.15, 0.2) is 0 Å². The van der Waals surface area contributed by atoms with Crippen LogP contribution in [0.1, 0.15) is 6.92 Å². The number of amides is 3. The van der Waals surface area contributed by atoms with Crippen molar-refractivity contribution in [3.05, 3.63) is 0 Å². The molecule has 0 rings (SSSR count). The molecule has 4 N–H and O–H groups in total. The number of rotatable bonds is 3. The molecule has 6 heteroatoms. The van der Waals surface area contributed by atoms with Crippen molar-refractivity contribution in [2.24, 2.45) is 5.73 Å². The molecule has 0 saturated heterocycles. The van der Waals surface area contributed by atoms with Gasteiger partial charge in [-0.3, -0.25) is 4.79 Å². The van der Waals surface area contributed by atoms with Crippen LogP contribution in [0.2, 0.25) is 0 Å². The minimum absolute atomic E-state index is 0.207. The Bertz CT molecular complexity index is 220. The summed E-state index contributed by atoms with van der Waals surface area (Å²) in [5.41, 5.74) is 4.71. The average Bonchev–Trinajstić information content (AvgIpc) is 2.00. The number of nitrogens with one attached hydrogen (secondary N) is 2. The molecule has 0 aromatic heterocycles. The lowest BCUT2D eigenvalue weighted by molar-refractivity contribution is -0.120. The molecule has 0 unspecified atom stereocenters. The summed E-state index contributed by atoms with van der Waals surface area (Å²) in [4.78, 5) is 20.9. The van der Waals surface area contributed by atoms with Crippen LogP contribution in [0.5, 0.6) is 0 Å². The van der Waals surface area contributed by atoms with Gasteiger partial charge < -0.3 is 16.4 Å². The summed E-state index contributed by atoms with van der Waals surface area (Å²) >= 11 is 0. The highest BCUT2D eigenvalue weighted by molar-refractivity contribution is 5.83. The van der Waals surface area contributed by atoms with E-state index in [0.717, 1.165) is 0 Å². The van der Waals surface area contributed by atoms with Gasteiger partial charge in [-0.1, -0.05) is 0 Å². The van der Waals surface area contributed by atoms with E-state index in [0.29, 0.717) is 0 Å². The van der Waals surface area contributed by atoms with Crippen molar-refractivity contribution in [2.75, 3.05) is 6.54 Å². The predicted octanol–water partition coefficient (Wildman–Crippen LogP) is -1.32. The van der Waals surface area contributed by atoms with Gasteiger partial charge in [-0.15, -0.1) is 0 Å². The Morgan fingerprint density at radius 2 is 2.25 bits per heavy atom. The lowest BCUT2D eigenvalue weighted by Crippen LogP contribution is -2.42. The molecule has 0 bridgehead atoms. The van der Waals surface area contributed by atoms with E-state index >= 15 is 0 Å². The highest BCUT2D eigenvalue weighted by Gasteiger charge is 2.05. The third-order valence-corrected chi connectivity index (χ3v) is 0.994. The molecule has 0 aliphatic rings. The summed E-state index contributed by atoms with van der Waals surface area (Å²) < 4.78 is 0. The van der Waals surface area contributed by atoms with E-state index in [4.69, 9.17) is 11.0 Å². The molecule has 0 aromatic rings. The number of urea groups is 1. The minimum Gasteiger partial charge on any atom is -0.352 e. The molecule has 0 aliphatic carbocycles. The van der Waals surface area contributed by atoms with Crippen molar-refractivity contribution in [1.82, 2.24) is 10.6 Å². The summed E-state index contributed by atoms with van der Waals surface area (Å²) in [6.45, 7) is 1.32. The van der Waals surface area contributed by atoms with Gasteiger partial charge in [0.2, 0.25) is 5.91 Å². The third kappa shape index (κ3) is 5.05. The highest BCUT2D eigenvalue weighted by atomic mass is 16.2. The van der Waals surface area contributed by atoms with Gasteiger partial charge in [-0.05, 0) is 6.92 Å². The first kappa shape index (κ1) is 10.2. The Hall–Kier alpha value is -1.77. The Labute approximate surface area is 69.7 Å². The van der Waals surface area contributed by atoms with E-state index in [1.165, 1.54) is 6.92 Å². The Morgan fingerprint density at radius 1 is 1.67 bits per heavy atom. The van der Waals surface area contributed by atoms with Gasteiger partial charge in [0.25, 0.3) is 0 Å². The maximum Gasteiger partial charge on any atom is 0.312 e. The van der Waals surface area contributed by atoms with Crippen molar-refractivity contribution in [3.63, 3.8) is 0 Å². The minimum atomic E-state index is -0.769. The first-order chi connectivity index (χ1) is 5.56.